The molecule has 1 aromatic rings. The smallest absolute Gasteiger partial charge is 0.257 e. The summed E-state index contributed by atoms with van der Waals surface area (Å²) in [6.45, 7) is 0. The van der Waals surface area contributed by atoms with E-state index >= 15 is 0 Å². The van der Waals surface area contributed by atoms with Gasteiger partial charge in [0.25, 0.3) is 5.91 Å². The van der Waals surface area contributed by atoms with E-state index in [0.29, 0.717) is 24.3 Å². The highest BCUT2D eigenvalue weighted by Gasteiger charge is 2.24. The molecule has 104 valence electrons. The normalized spacial score (nSPS) is 23.1. The van der Waals surface area contributed by atoms with Crippen LogP contribution in [0.3, 0.4) is 0 Å². The van der Waals surface area contributed by atoms with Gasteiger partial charge >= 0.3 is 0 Å². The number of nitrogens with one attached hydrogen (secondary N) is 1. The van der Waals surface area contributed by atoms with Crippen LogP contribution in [0.2, 0.25) is 0 Å². The van der Waals surface area contributed by atoms with Crippen LogP contribution in [0.15, 0.2) is 12.1 Å². The molecule has 0 spiro atoms. The molecule has 1 amide bonds. The van der Waals surface area contributed by atoms with E-state index in [4.69, 9.17) is 5.73 Å². The first kappa shape index (κ1) is 13.9. The zero-order chi connectivity index (χ0) is 14.0. The summed E-state index contributed by atoms with van der Waals surface area (Å²) in [5.74, 6) is -1.82. The fraction of sp³-hybridized carbons (Fsp3) is 0.417. The van der Waals surface area contributed by atoms with Crippen molar-refractivity contribution in [1.82, 2.24) is 5.32 Å². The average molecular weight is 288 g/mol. The molecule has 0 aromatic heterocycles. The lowest BCUT2D eigenvalue weighted by atomic mass is 10.1. The van der Waals surface area contributed by atoms with Gasteiger partial charge in [-0.25, -0.2) is 8.78 Å². The minimum atomic E-state index is -1.04. The highest BCUT2D eigenvalue weighted by atomic mass is 32.2. The summed E-state index contributed by atoms with van der Waals surface area (Å²) >= 11 is 0. The van der Waals surface area contributed by atoms with Gasteiger partial charge in [0.1, 0.15) is 11.4 Å². The molecule has 0 atom stereocenters. The molecule has 1 heterocycles. The van der Waals surface area contributed by atoms with Gasteiger partial charge in [0.05, 0.1) is 5.69 Å². The van der Waals surface area contributed by atoms with Gasteiger partial charge in [0, 0.05) is 28.3 Å². The lowest BCUT2D eigenvalue weighted by Crippen LogP contribution is -2.40. The Hall–Kier alpha value is -1.50. The first-order chi connectivity index (χ1) is 8.99. The molecule has 0 saturated carbocycles. The van der Waals surface area contributed by atoms with Crippen LogP contribution in [0.1, 0.15) is 23.2 Å². The Bertz CT molecular complexity index is 527. The molecule has 0 radical (unpaired) electrons. The second kappa shape index (κ2) is 5.64. The van der Waals surface area contributed by atoms with Crippen molar-refractivity contribution in [3.05, 3.63) is 29.3 Å². The van der Waals surface area contributed by atoms with E-state index in [1.165, 1.54) is 0 Å². The third-order valence-electron chi connectivity index (χ3n) is 3.07. The number of hydrogen-bond acceptors (Lipinski definition) is 3. The van der Waals surface area contributed by atoms with Crippen molar-refractivity contribution in [3.63, 3.8) is 0 Å². The van der Waals surface area contributed by atoms with Crippen LogP contribution in [-0.2, 0) is 10.8 Å². The lowest BCUT2D eigenvalue weighted by Gasteiger charge is -2.22. The number of amides is 1. The molecule has 1 aliphatic heterocycles. The van der Waals surface area contributed by atoms with Crippen LogP contribution in [0.5, 0.6) is 0 Å². The molecule has 0 unspecified atom stereocenters. The maximum Gasteiger partial charge on any atom is 0.257 e. The molecule has 4 nitrogen and oxygen atoms in total. The maximum absolute atomic E-state index is 13.7. The van der Waals surface area contributed by atoms with E-state index < -0.39 is 33.9 Å². The summed E-state index contributed by atoms with van der Waals surface area (Å²) in [7, 11) is -0.852. The van der Waals surface area contributed by atoms with Crippen LogP contribution in [0.25, 0.3) is 0 Å². The minimum absolute atomic E-state index is 0.203. The van der Waals surface area contributed by atoms with Crippen molar-refractivity contribution in [1.29, 1.82) is 0 Å². The number of carbonyl (C=O) groups is 1. The Labute approximate surface area is 111 Å². The molecule has 1 saturated heterocycles. The van der Waals surface area contributed by atoms with Crippen molar-refractivity contribution >= 4 is 22.4 Å². The van der Waals surface area contributed by atoms with Crippen LogP contribution in [0.4, 0.5) is 14.5 Å². The van der Waals surface area contributed by atoms with Crippen molar-refractivity contribution in [2.45, 2.75) is 18.9 Å². The number of halogens is 2. The Morgan fingerprint density at radius 1 is 1.32 bits per heavy atom. The van der Waals surface area contributed by atoms with E-state index in [9.17, 15) is 17.8 Å². The fourth-order valence-electron chi connectivity index (χ4n) is 1.97. The van der Waals surface area contributed by atoms with Crippen LogP contribution in [0, 0.1) is 11.6 Å². The van der Waals surface area contributed by atoms with Gasteiger partial charge in [-0.1, -0.05) is 0 Å². The van der Waals surface area contributed by atoms with Crippen LogP contribution in [-0.4, -0.2) is 27.7 Å². The van der Waals surface area contributed by atoms with Crippen molar-refractivity contribution in [2.75, 3.05) is 17.2 Å². The van der Waals surface area contributed by atoms with Gasteiger partial charge in [0.15, 0.2) is 5.82 Å². The van der Waals surface area contributed by atoms with E-state index in [1.807, 2.05) is 0 Å². The number of hydrogen-bond donors (Lipinski definition) is 2. The summed E-state index contributed by atoms with van der Waals surface area (Å²) in [5.41, 5.74) is 4.39. The van der Waals surface area contributed by atoms with Crippen molar-refractivity contribution in [2.24, 2.45) is 0 Å². The standard InChI is InChI=1S/C12H14F2N2O2S/c13-8-1-2-9(15)11(14)10(8)12(17)16-7-3-5-19(18)6-4-7/h1-2,7H,3-6,15H2,(H,16,17). The van der Waals surface area contributed by atoms with Gasteiger partial charge in [-0.3, -0.25) is 9.00 Å². The maximum atomic E-state index is 13.7. The Morgan fingerprint density at radius 2 is 1.95 bits per heavy atom. The average Bonchev–Trinajstić information content (AvgIpc) is 2.37. The summed E-state index contributed by atoms with van der Waals surface area (Å²) in [6.07, 6.45) is 1.09. The first-order valence-electron chi connectivity index (χ1n) is 5.88. The van der Waals surface area contributed by atoms with Gasteiger partial charge in [-0.2, -0.15) is 0 Å². The monoisotopic (exact) mass is 288 g/mol. The largest absolute Gasteiger partial charge is 0.396 e. The zero-order valence-electron chi connectivity index (χ0n) is 10.1. The zero-order valence-corrected chi connectivity index (χ0v) is 10.9. The third-order valence-corrected chi connectivity index (χ3v) is 4.45. The predicted molar refractivity (Wildman–Crippen MR) is 69.1 cm³/mol. The van der Waals surface area contributed by atoms with Crippen LogP contribution >= 0.6 is 0 Å². The van der Waals surface area contributed by atoms with Gasteiger partial charge in [-0.05, 0) is 25.0 Å². The molecule has 0 aliphatic carbocycles. The number of nitrogens with two attached hydrogens (primary N) is 1. The molecule has 0 bridgehead atoms. The topological polar surface area (TPSA) is 72.2 Å². The molecule has 1 aliphatic rings. The number of rotatable bonds is 2. The number of nitrogen functional groups attached to an aromatic ring is 1. The van der Waals surface area contributed by atoms with Crippen molar-refractivity contribution in [3.8, 4) is 0 Å². The molecular formula is C12H14F2N2O2S. The lowest BCUT2D eigenvalue weighted by molar-refractivity contribution is 0.0926. The second-order valence-corrected chi connectivity index (χ2v) is 6.12. The molecule has 1 fully saturated rings. The van der Waals surface area contributed by atoms with E-state index in [2.05, 4.69) is 5.32 Å². The summed E-state index contributed by atoms with van der Waals surface area (Å²) in [4.78, 5) is 11.9. The molecule has 2 rings (SSSR count). The molecule has 7 heteroatoms. The molecular weight excluding hydrogens is 274 g/mol. The van der Waals surface area contributed by atoms with Crippen molar-refractivity contribution < 1.29 is 17.8 Å². The van der Waals surface area contributed by atoms with E-state index in [-0.39, 0.29) is 11.7 Å². The summed E-state index contributed by atoms with van der Waals surface area (Å²) in [6, 6.07) is 1.83. The number of anilines is 1. The second-order valence-electron chi connectivity index (χ2n) is 4.42. The molecule has 3 N–H and O–H groups in total. The van der Waals surface area contributed by atoms with Gasteiger partial charge in [-0.15, -0.1) is 0 Å². The Morgan fingerprint density at radius 3 is 2.58 bits per heavy atom. The predicted octanol–water partition coefficient (Wildman–Crippen LogP) is 1.19. The summed E-state index contributed by atoms with van der Waals surface area (Å²) < 4.78 is 38.3. The molecule has 1 aromatic carbocycles. The number of benzene rings is 1. The van der Waals surface area contributed by atoms with E-state index in [0.717, 1.165) is 12.1 Å². The number of carbonyl (C=O) groups excluding carboxylic acids is 1. The fourth-order valence-corrected chi connectivity index (χ4v) is 3.27. The van der Waals surface area contributed by atoms with E-state index in [1.54, 1.807) is 0 Å². The quantitative estimate of drug-likeness (QED) is 0.803. The highest BCUT2D eigenvalue weighted by Crippen LogP contribution is 2.19. The Balaban J connectivity index is 2.12. The minimum Gasteiger partial charge on any atom is -0.396 e. The Kier molecular flexibility index (Phi) is 4.14. The summed E-state index contributed by atoms with van der Waals surface area (Å²) in [5, 5.41) is 2.56. The van der Waals surface area contributed by atoms with Crippen LogP contribution < -0.4 is 11.1 Å². The SMILES string of the molecule is Nc1ccc(F)c(C(=O)NC2CCS(=O)CC2)c1F. The molecule has 19 heavy (non-hydrogen) atoms. The van der Waals surface area contributed by atoms with Gasteiger partial charge < -0.3 is 11.1 Å². The highest BCUT2D eigenvalue weighted by molar-refractivity contribution is 7.85. The first-order valence-corrected chi connectivity index (χ1v) is 7.37. The third kappa shape index (κ3) is 3.09. The van der Waals surface area contributed by atoms with Gasteiger partial charge in [0.2, 0.25) is 0 Å².